The SMILES string of the molecule is COC(=O)c1ccc2c(c1)CC(C)(C)N(c1ccc(N)nc1)C2. The van der Waals surface area contributed by atoms with Gasteiger partial charge in [-0.05, 0) is 55.7 Å². The molecule has 1 aliphatic rings. The highest BCUT2D eigenvalue weighted by molar-refractivity contribution is 5.89. The molecule has 120 valence electrons. The van der Waals surface area contributed by atoms with E-state index in [9.17, 15) is 4.79 Å². The second-order valence-electron chi connectivity index (χ2n) is 6.49. The van der Waals surface area contributed by atoms with E-state index in [1.807, 2.05) is 36.5 Å². The summed E-state index contributed by atoms with van der Waals surface area (Å²) in [6.45, 7) is 5.16. The number of carbonyl (C=O) groups excluding carboxylic acids is 1. The maximum absolute atomic E-state index is 11.7. The Balaban J connectivity index is 1.96. The van der Waals surface area contributed by atoms with Crippen molar-refractivity contribution in [3.63, 3.8) is 0 Å². The lowest BCUT2D eigenvalue weighted by Crippen LogP contribution is -2.48. The van der Waals surface area contributed by atoms with Crippen LogP contribution in [0.3, 0.4) is 0 Å². The molecule has 0 saturated heterocycles. The number of esters is 1. The maximum atomic E-state index is 11.7. The summed E-state index contributed by atoms with van der Waals surface area (Å²) in [5.74, 6) is 0.224. The van der Waals surface area contributed by atoms with Crippen LogP contribution in [0.4, 0.5) is 11.5 Å². The van der Waals surface area contributed by atoms with E-state index < -0.39 is 0 Å². The predicted molar refractivity (Wildman–Crippen MR) is 90.4 cm³/mol. The molecule has 0 saturated carbocycles. The van der Waals surface area contributed by atoms with Gasteiger partial charge in [-0.2, -0.15) is 0 Å². The van der Waals surface area contributed by atoms with Crippen molar-refractivity contribution in [2.24, 2.45) is 0 Å². The maximum Gasteiger partial charge on any atom is 0.337 e. The number of carbonyl (C=O) groups is 1. The number of methoxy groups -OCH3 is 1. The first kappa shape index (κ1) is 15.3. The minimum absolute atomic E-state index is 0.0838. The zero-order chi connectivity index (χ0) is 16.6. The first-order valence-electron chi connectivity index (χ1n) is 7.60. The Morgan fingerprint density at radius 2 is 2.04 bits per heavy atom. The molecule has 0 radical (unpaired) electrons. The van der Waals surface area contributed by atoms with E-state index in [0.29, 0.717) is 11.4 Å². The number of nitrogen functional groups attached to an aromatic ring is 1. The van der Waals surface area contributed by atoms with Gasteiger partial charge in [0, 0.05) is 12.1 Å². The highest BCUT2D eigenvalue weighted by atomic mass is 16.5. The van der Waals surface area contributed by atoms with Crippen LogP contribution in [0, 0.1) is 0 Å². The number of nitrogens with two attached hydrogens (primary N) is 1. The van der Waals surface area contributed by atoms with Crippen molar-refractivity contribution in [2.75, 3.05) is 17.7 Å². The summed E-state index contributed by atoms with van der Waals surface area (Å²) in [6.07, 6.45) is 2.66. The van der Waals surface area contributed by atoms with Gasteiger partial charge in [0.05, 0.1) is 24.6 Å². The van der Waals surface area contributed by atoms with Crippen molar-refractivity contribution in [3.8, 4) is 0 Å². The minimum Gasteiger partial charge on any atom is -0.465 e. The predicted octanol–water partition coefficient (Wildman–Crippen LogP) is 2.79. The molecular formula is C18H21N3O2. The topological polar surface area (TPSA) is 68.5 Å². The Bertz CT molecular complexity index is 738. The van der Waals surface area contributed by atoms with Crippen LogP contribution in [0.5, 0.6) is 0 Å². The first-order valence-corrected chi connectivity index (χ1v) is 7.60. The average Bonchev–Trinajstić information content (AvgIpc) is 2.53. The van der Waals surface area contributed by atoms with E-state index >= 15 is 0 Å². The summed E-state index contributed by atoms with van der Waals surface area (Å²) in [5, 5.41) is 0. The lowest BCUT2D eigenvalue weighted by Gasteiger charge is -2.45. The molecule has 0 spiro atoms. The Morgan fingerprint density at radius 3 is 2.70 bits per heavy atom. The van der Waals surface area contributed by atoms with Crippen LogP contribution in [-0.4, -0.2) is 23.6 Å². The zero-order valence-corrected chi connectivity index (χ0v) is 13.7. The number of hydrogen-bond donors (Lipinski definition) is 1. The fourth-order valence-corrected chi connectivity index (χ4v) is 3.13. The fraction of sp³-hybridized carbons (Fsp3) is 0.333. The molecule has 2 aromatic rings. The van der Waals surface area contributed by atoms with Crippen molar-refractivity contribution in [3.05, 3.63) is 53.2 Å². The van der Waals surface area contributed by atoms with Crippen molar-refractivity contribution < 1.29 is 9.53 Å². The number of anilines is 2. The molecule has 0 bridgehead atoms. The lowest BCUT2D eigenvalue weighted by atomic mass is 9.84. The van der Waals surface area contributed by atoms with Gasteiger partial charge >= 0.3 is 5.97 Å². The number of pyridine rings is 1. The van der Waals surface area contributed by atoms with Crippen molar-refractivity contribution in [1.82, 2.24) is 4.98 Å². The Labute approximate surface area is 136 Å². The van der Waals surface area contributed by atoms with E-state index in [2.05, 4.69) is 23.7 Å². The van der Waals surface area contributed by atoms with Crippen LogP contribution in [0.1, 0.15) is 35.3 Å². The third kappa shape index (κ3) is 2.86. The Hall–Kier alpha value is -2.56. The second-order valence-corrected chi connectivity index (χ2v) is 6.49. The average molecular weight is 311 g/mol. The van der Waals surface area contributed by atoms with Gasteiger partial charge in [-0.15, -0.1) is 0 Å². The number of nitrogens with zero attached hydrogens (tertiary/aromatic N) is 2. The molecule has 0 unspecified atom stereocenters. The van der Waals surface area contributed by atoms with E-state index in [-0.39, 0.29) is 11.5 Å². The monoisotopic (exact) mass is 311 g/mol. The molecule has 5 nitrogen and oxygen atoms in total. The van der Waals surface area contributed by atoms with Gasteiger partial charge in [0.25, 0.3) is 0 Å². The normalized spacial score (nSPS) is 15.9. The van der Waals surface area contributed by atoms with Crippen LogP contribution >= 0.6 is 0 Å². The minimum atomic E-state index is -0.296. The molecule has 5 heteroatoms. The van der Waals surface area contributed by atoms with Crippen LogP contribution in [-0.2, 0) is 17.7 Å². The molecule has 3 rings (SSSR count). The second kappa shape index (κ2) is 5.57. The molecule has 1 aliphatic heterocycles. The fourth-order valence-electron chi connectivity index (χ4n) is 3.13. The van der Waals surface area contributed by atoms with E-state index in [4.69, 9.17) is 10.5 Å². The molecule has 0 atom stereocenters. The van der Waals surface area contributed by atoms with Gasteiger partial charge in [-0.3, -0.25) is 0 Å². The zero-order valence-electron chi connectivity index (χ0n) is 13.7. The molecule has 23 heavy (non-hydrogen) atoms. The van der Waals surface area contributed by atoms with Crippen molar-refractivity contribution >= 4 is 17.5 Å². The van der Waals surface area contributed by atoms with E-state index in [1.165, 1.54) is 18.2 Å². The Kier molecular flexibility index (Phi) is 3.72. The largest absolute Gasteiger partial charge is 0.465 e. The van der Waals surface area contributed by atoms with E-state index in [0.717, 1.165) is 18.7 Å². The van der Waals surface area contributed by atoms with Gasteiger partial charge in [0.15, 0.2) is 0 Å². The smallest absolute Gasteiger partial charge is 0.337 e. The highest BCUT2D eigenvalue weighted by Crippen LogP contribution is 2.35. The number of rotatable bonds is 2. The van der Waals surface area contributed by atoms with Gasteiger partial charge in [-0.1, -0.05) is 6.07 Å². The molecular weight excluding hydrogens is 290 g/mol. The van der Waals surface area contributed by atoms with Crippen molar-refractivity contribution in [2.45, 2.75) is 32.4 Å². The molecule has 2 N–H and O–H groups in total. The molecule has 1 aromatic heterocycles. The molecule has 0 amide bonds. The van der Waals surface area contributed by atoms with Gasteiger partial charge in [-0.25, -0.2) is 9.78 Å². The molecule has 0 fully saturated rings. The summed E-state index contributed by atoms with van der Waals surface area (Å²) >= 11 is 0. The van der Waals surface area contributed by atoms with Crippen LogP contribution in [0.2, 0.25) is 0 Å². The van der Waals surface area contributed by atoms with Gasteiger partial charge < -0.3 is 15.4 Å². The molecule has 0 aliphatic carbocycles. The number of benzene rings is 1. The quantitative estimate of drug-likeness (QED) is 0.864. The number of hydrogen-bond acceptors (Lipinski definition) is 5. The standard InChI is InChI=1S/C18H21N3O2/c1-18(2)9-14-8-12(17(22)23-3)4-5-13(14)11-21(18)15-6-7-16(19)20-10-15/h4-8,10H,9,11H2,1-3H3,(H2,19,20). The number of aromatic nitrogens is 1. The lowest BCUT2D eigenvalue weighted by molar-refractivity contribution is 0.0600. The van der Waals surface area contributed by atoms with Gasteiger partial charge in [0.2, 0.25) is 0 Å². The summed E-state index contributed by atoms with van der Waals surface area (Å²) in [7, 11) is 1.40. The summed E-state index contributed by atoms with van der Waals surface area (Å²) in [5.41, 5.74) is 9.66. The van der Waals surface area contributed by atoms with Crippen LogP contribution < -0.4 is 10.6 Å². The van der Waals surface area contributed by atoms with Crippen molar-refractivity contribution in [1.29, 1.82) is 0 Å². The van der Waals surface area contributed by atoms with Gasteiger partial charge in [0.1, 0.15) is 5.82 Å². The third-order valence-corrected chi connectivity index (χ3v) is 4.39. The summed E-state index contributed by atoms with van der Waals surface area (Å²) in [4.78, 5) is 18.2. The summed E-state index contributed by atoms with van der Waals surface area (Å²) in [6, 6.07) is 9.59. The molecule has 1 aromatic carbocycles. The third-order valence-electron chi connectivity index (χ3n) is 4.39. The highest BCUT2D eigenvalue weighted by Gasteiger charge is 2.33. The molecule has 2 heterocycles. The van der Waals surface area contributed by atoms with E-state index in [1.54, 1.807) is 0 Å². The number of ether oxygens (including phenoxy) is 1. The summed E-state index contributed by atoms with van der Waals surface area (Å²) < 4.78 is 4.81. The first-order chi connectivity index (χ1) is 10.9. The Morgan fingerprint density at radius 1 is 1.26 bits per heavy atom. The number of fused-ring (bicyclic) bond motifs is 1. The van der Waals surface area contributed by atoms with Crippen LogP contribution in [0.15, 0.2) is 36.5 Å². The van der Waals surface area contributed by atoms with Crippen LogP contribution in [0.25, 0.3) is 0 Å².